The van der Waals surface area contributed by atoms with Crippen LogP contribution in [0, 0.1) is 6.92 Å². The first-order valence-electron chi connectivity index (χ1n) is 4.67. The molecular formula is C11H12BrNOS. The summed E-state index contributed by atoms with van der Waals surface area (Å²) in [5, 5.41) is 5.38. The largest absolute Gasteiger partial charge is 0.469 e. The Morgan fingerprint density at radius 1 is 1.53 bits per heavy atom. The van der Waals surface area contributed by atoms with Crippen LogP contribution in [0.4, 0.5) is 0 Å². The standard InChI is InChI=1S/C11H12BrNOS/c1-7-5-8(6-14-7)10(13-2)11-9(12)3-4-15-11/h3-6,10,13H,1-2H3. The molecule has 0 aliphatic carbocycles. The summed E-state index contributed by atoms with van der Waals surface area (Å²) < 4.78 is 6.48. The lowest BCUT2D eigenvalue weighted by atomic mass is 10.1. The molecule has 2 nitrogen and oxygen atoms in total. The summed E-state index contributed by atoms with van der Waals surface area (Å²) in [7, 11) is 1.96. The van der Waals surface area contributed by atoms with Gasteiger partial charge in [-0.1, -0.05) is 0 Å². The first-order chi connectivity index (χ1) is 7.22. The highest BCUT2D eigenvalue weighted by molar-refractivity contribution is 9.10. The van der Waals surface area contributed by atoms with Crippen molar-refractivity contribution in [2.45, 2.75) is 13.0 Å². The van der Waals surface area contributed by atoms with Gasteiger partial charge in [0.15, 0.2) is 0 Å². The molecule has 80 valence electrons. The lowest BCUT2D eigenvalue weighted by Crippen LogP contribution is -2.16. The van der Waals surface area contributed by atoms with Crippen molar-refractivity contribution in [3.63, 3.8) is 0 Å². The highest BCUT2D eigenvalue weighted by Crippen LogP contribution is 2.33. The molecule has 2 rings (SSSR count). The summed E-state index contributed by atoms with van der Waals surface area (Å²) in [4.78, 5) is 1.28. The van der Waals surface area contributed by atoms with Gasteiger partial charge >= 0.3 is 0 Å². The second-order valence-corrected chi connectivity index (χ2v) is 5.15. The summed E-state index contributed by atoms with van der Waals surface area (Å²) in [6.45, 7) is 1.96. The zero-order chi connectivity index (χ0) is 10.8. The van der Waals surface area contributed by atoms with Gasteiger partial charge in [0.2, 0.25) is 0 Å². The lowest BCUT2D eigenvalue weighted by molar-refractivity contribution is 0.528. The molecular weight excluding hydrogens is 274 g/mol. The van der Waals surface area contributed by atoms with Crippen molar-refractivity contribution >= 4 is 27.3 Å². The monoisotopic (exact) mass is 285 g/mol. The summed E-state index contributed by atoms with van der Waals surface area (Å²) in [5.41, 5.74) is 1.16. The molecule has 0 aliphatic heterocycles. The van der Waals surface area contributed by atoms with Gasteiger partial charge in [-0.2, -0.15) is 0 Å². The second kappa shape index (κ2) is 4.51. The van der Waals surface area contributed by atoms with Gasteiger partial charge in [0.05, 0.1) is 12.3 Å². The molecule has 0 fully saturated rings. The van der Waals surface area contributed by atoms with E-state index >= 15 is 0 Å². The molecule has 4 heteroatoms. The quantitative estimate of drug-likeness (QED) is 0.930. The molecule has 1 atom stereocenters. The van der Waals surface area contributed by atoms with Crippen molar-refractivity contribution in [1.29, 1.82) is 0 Å². The van der Waals surface area contributed by atoms with Gasteiger partial charge < -0.3 is 9.73 Å². The first-order valence-corrected chi connectivity index (χ1v) is 6.35. The Kier molecular flexibility index (Phi) is 3.29. The Morgan fingerprint density at radius 3 is 2.80 bits per heavy atom. The van der Waals surface area contributed by atoms with E-state index in [1.165, 1.54) is 4.88 Å². The third-order valence-electron chi connectivity index (χ3n) is 2.28. The average Bonchev–Trinajstić information content (AvgIpc) is 2.79. The van der Waals surface area contributed by atoms with Crippen LogP contribution in [-0.2, 0) is 0 Å². The topological polar surface area (TPSA) is 25.2 Å². The molecule has 2 aromatic heterocycles. The van der Waals surface area contributed by atoms with Gasteiger partial charge in [0.25, 0.3) is 0 Å². The summed E-state index contributed by atoms with van der Waals surface area (Å²) in [6.07, 6.45) is 1.81. The SMILES string of the molecule is CNC(c1coc(C)c1)c1sccc1Br. The maximum Gasteiger partial charge on any atom is 0.101 e. The van der Waals surface area contributed by atoms with Crippen LogP contribution in [-0.4, -0.2) is 7.05 Å². The molecule has 0 radical (unpaired) electrons. The number of nitrogens with one attached hydrogen (secondary N) is 1. The number of furan rings is 1. The summed E-state index contributed by atoms with van der Waals surface area (Å²) in [5.74, 6) is 0.943. The van der Waals surface area contributed by atoms with Gasteiger partial charge in [-0.15, -0.1) is 11.3 Å². The number of hydrogen-bond donors (Lipinski definition) is 1. The number of hydrogen-bond acceptors (Lipinski definition) is 3. The van der Waals surface area contributed by atoms with E-state index in [9.17, 15) is 0 Å². The molecule has 2 aromatic rings. The third-order valence-corrected chi connectivity index (χ3v) is 4.22. The Bertz CT molecular complexity index is 449. The van der Waals surface area contributed by atoms with Crippen LogP contribution >= 0.6 is 27.3 Å². The predicted molar refractivity (Wildman–Crippen MR) is 66.4 cm³/mol. The number of rotatable bonds is 3. The van der Waals surface area contributed by atoms with Crippen molar-refractivity contribution < 1.29 is 4.42 Å². The van der Waals surface area contributed by atoms with Gasteiger partial charge in [-0.25, -0.2) is 0 Å². The molecule has 1 unspecified atom stereocenters. The first kappa shape index (κ1) is 10.9. The van der Waals surface area contributed by atoms with E-state index in [4.69, 9.17) is 4.42 Å². The van der Waals surface area contributed by atoms with Crippen LogP contribution in [0.15, 0.2) is 32.7 Å². The average molecular weight is 286 g/mol. The van der Waals surface area contributed by atoms with Crippen molar-refractivity contribution in [2.24, 2.45) is 0 Å². The highest BCUT2D eigenvalue weighted by atomic mass is 79.9. The van der Waals surface area contributed by atoms with Gasteiger partial charge in [0, 0.05) is 14.9 Å². The van der Waals surface area contributed by atoms with E-state index in [2.05, 4.69) is 38.8 Å². The predicted octanol–water partition coefficient (Wildman–Crippen LogP) is 3.72. The van der Waals surface area contributed by atoms with Gasteiger partial charge in [-0.3, -0.25) is 0 Å². The van der Waals surface area contributed by atoms with Crippen LogP contribution in [0.2, 0.25) is 0 Å². The minimum Gasteiger partial charge on any atom is -0.469 e. The number of halogens is 1. The summed E-state index contributed by atoms with van der Waals surface area (Å²) >= 11 is 5.29. The maximum atomic E-state index is 5.33. The fourth-order valence-electron chi connectivity index (χ4n) is 1.58. The normalized spacial score (nSPS) is 13.0. The fourth-order valence-corrected chi connectivity index (χ4v) is 3.31. The maximum absolute atomic E-state index is 5.33. The van der Waals surface area contributed by atoms with E-state index in [0.29, 0.717) is 0 Å². The van der Waals surface area contributed by atoms with E-state index in [-0.39, 0.29) is 6.04 Å². The molecule has 15 heavy (non-hydrogen) atoms. The van der Waals surface area contributed by atoms with E-state index < -0.39 is 0 Å². The number of aryl methyl sites for hydroxylation is 1. The summed E-state index contributed by atoms with van der Waals surface area (Å²) in [6, 6.07) is 4.33. The van der Waals surface area contributed by atoms with Gasteiger partial charge in [0.1, 0.15) is 5.76 Å². The second-order valence-electron chi connectivity index (χ2n) is 3.35. The third kappa shape index (κ3) is 2.17. The molecule has 0 amide bonds. The molecule has 0 aromatic carbocycles. The molecule has 2 heterocycles. The molecule has 0 aliphatic rings. The van der Waals surface area contributed by atoms with Gasteiger partial charge in [-0.05, 0) is 47.4 Å². The van der Waals surface area contributed by atoms with E-state index in [1.807, 2.05) is 20.2 Å². The zero-order valence-electron chi connectivity index (χ0n) is 8.58. The van der Waals surface area contributed by atoms with Crippen LogP contribution in [0.5, 0.6) is 0 Å². The Hall–Kier alpha value is -0.580. The Morgan fingerprint density at radius 2 is 2.33 bits per heavy atom. The Balaban J connectivity index is 2.36. The van der Waals surface area contributed by atoms with Crippen LogP contribution in [0.3, 0.4) is 0 Å². The van der Waals surface area contributed by atoms with Crippen LogP contribution in [0.25, 0.3) is 0 Å². The van der Waals surface area contributed by atoms with Crippen molar-refractivity contribution in [2.75, 3.05) is 7.05 Å². The molecule has 0 saturated heterocycles. The molecule has 0 bridgehead atoms. The van der Waals surface area contributed by atoms with E-state index in [1.54, 1.807) is 11.3 Å². The van der Waals surface area contributed by atoms with E-state index in [0.717, 1.165) is 15.8 Å². The molecule has 0 spiro atoms. The lowest BCUT2D eigenvalue weighted by Gasteiger charge is -2.12. The van der Waals surface area contributed by atoms with Crippen LogP contribution in [0.1, 0.15) is 22.2 Å². The van der Waals surface area contributed by atoms with Crippen LogP contribution < -0.4 is 5.32 Å². The Labute approximate surface area is 101 Å². The molecule has 1 N–H and O–H groups in total. The molecule has 0 saturated carbocycles. The zero-order valence-corrected chi connectivity index (χ0v) is 11.0. The van der Waals surface area contributed by atoms with Crippen molar-refractivity contribution in [1.82, 2.24) is 5.32 Å². The minimum absolute atomic E-state index is 0.205. The number of thiophene rings is 1. The van der Waals surface area contributed by atoms with Crippen molar-refractivity contribution in [3.8, 4) is 0 Å². The fraction of sp³-hybridized carbons (Fsp3) is 0.273. The smallest absolute Gasteiger partial charge is 0.101 e. The van der Waals surface area contributed by atoms with Crippen molar-refractivity contribution in [3.05, 3.63) is 44.4 Å². The highest BCUT2D eigenvalue weighted by Gasteiger charge is 2.17. The minimum atomic E-state index is 0.205.